The van der Waals surface area contributed by atoms with E-state index in [4.69, 9.17) is 5.26 Å². The molecule has 94 valence electrons. The predicted molar refractivity (Wildman–Crippen MR) is 71.2 cm³/mol. The Morgan fingerprint density at radius 2 is 2.00 bits per heavy atom. The molecule has 0 amide bonds. The second-order valence-corrected chi connectivity index (χ2v) is 6.15. The number of hydrogen-bond donors (Lipinski definition) is 0. The molecule has 1 aromatic rings. The lowest BCUT2D eigenvalue weighted by Gasteiger charge is -2.40. The first kappa shape index (κ1) is 12.8. The van der Waals surface area contributed by atoms with Crippen LogP contribution in [0.15, 0.2) is 24.3 Å². The highest BCUT2D eigenvalue weighted by Gasteiger charge is 2.52. The summed E-state index contributed by atoms with van der Waals surface area (Å²) in [5.74, 6) is 0.223. The van der Waals surface area contributed by atoms with E-state index in [9.17, 15) is 4.79 Å². The highest BCUT2D eigenvalue weighted by Crippen LogP contribution is 2.51. The van der Waals surface area contributed by atoms with Crippen molar-refractivity contribution in [1.82, 2.24) is 0 Å². The van der Waals surface area contributed by atoms with Gasteiger partial charge in [-0.05, 0) is 23.8 Å². The molecule has 0 aliphatic heterocycles. The molecule has 0 N–H and O–H groups in total. The van der Waals surface area contributed by atoms with Gasteiger partial charge in [0, 0.05) is 17.4 Å². The normalized spacial score (nSPS) is 22.7. The summed E-state index contributed by atoms with van der Waals surface area (Å²) in [5, 5.41) is 8.85. The molecule has 1 atom stereocenters. The second-order valence-electron chi connectivity index (χ2n) is 6.15. The summed E-state index contributed by atoms with van der Waals surface area (Å²) in [7, 11) is 0. The van der Waals surface area contributed by atoms with Crippen molar-refractivity contribution in [3.63, 3.8) is 0 Å². The van der Waals surface area contributed by atoms with E-state index in [1.54, 1.807) is 0 Å². The molecule has 0 spiro atoms. The standard InChI is InChI=1S/C16H19NO/c1-15(2,3)16(9-6-10-17)11-12-7-4-5-8-13(12)14(16)18/h4-5,7-8H,6,9,11H2,1-3H3. The number of carbonyl (C=O) groups excluding carboxylic acids is 1. The number of rotatable bonds is 2. The molecule has 2 rings (SSSR count). The first-order valence-electron chi connectivity index (χ1n) is 6.42. The highest BCUT2D eigenvalue weighted by molar-refractivity contribution is 6.05. The van der Waals surface area contributed by atoms with E-state index < -0.39 is 5.41 Å². The Balaban J connectivity index is 2.48. The van der Waals surface area contributed by atoms with Crippen LogP contribution in [0.3, 0.4) is 0 Å². The average Bonchev–Trinajstić information content (AvgIpc) is 2.61. The Morgan fingerprint density at radius 1 is 1.33 bits per heavy atom. The van der Waals surface area contributed by atoms with Gasteiger partial charge < -0.3 is 0 Å². The number of carbonyl (C=O) groups is 1. The Morgan fingerprint density at radius 3 is 2.56 bits per heavy atom. The monoisotopic (exact) mass is 241 g/mol. The Kier molecular flexibility index (Phi) is 3.02. The summed E-state index contributed by atoms with van der Waals surface area (Å²) in [5.41, 5.74) is 1.45. The summed E-state index contributed by atoms with van der Waals surface area (Å²) >= 11 is 0. The van der Waals surface area contributed by atoms with E-state index in [1.807, 2.05) is 24.3 Å². The first-order chi connectivity index (χ1) is 8.42. The van der Waals surface area contributed by atoms with Crippen molar-refractivity contribution in [2.45, 2.75) is 40.0 Å². The number of Topliss-reactive ketones (excluding diaryl/α,β-unsaturated/α-hetero) is 1. The van der Waals surface area contributed by atoms with Gasteiger partial charge in [-0.1, -0.05) is 45.0 Å². The fourth-order valence-electron chi connectivity index (χ4n) is 3.01. The lowest BCUT2D eigenvalue weighted by molar-refractivity contribution is 0.0515. The molecule has 0 bridgehead atoms. The van der Waals surface area contributed by atoms with Gasteiger partial charge in [-0.25, -0.2) is 0 Å². The van der Waals surface area contributed by atoms with Gasteiger partial charge in [-0.3, -0.25) is 4.79 Å². The highest BCUT2D eigenvalue weighted by atomic mass is 16.1. The quantitative estimate of drug-likeness (QED) is 0.791. The van der Waals surface area contributed by atoms with Crippen LogP contribution in [-0.2, 0) is 6.42 Å². The summed E-state index contributed by atoms with van der Waals surface area (Å²) in [4.78, 5) is 12.8. The first-order valence-corrected chi connectivity index (χ1v) is 6.42. The van der Waals surface area contributed by atoms with Gasteiger partial charge in [0.1, 0.15) is 0 Å². The van der Waals surface area contributed by atoms with E-state index in [0.717, 1.165) is 17.5 Å². The van der Waals surface area contributed by atoms with Gasteiger partial charge in [0.2, 0.25) is 0 Å². The largest absolute Gasteiger partial charge is 0.294 e. The van der Waals surface area contributed by atoms with Gasteiger partial charge in [0.25, 0.3) is 0 Å². The maximum Gasteiger partial charge on any atom is 0.170 e. The number of ketones is 1. The lowest BCUT2D eigenvalue weighted by atomic mass is 9.62. The Bertz CT molecular complexity index is 519. The topological polar surface area (TPSA) is 40.9 Å². The second kappa shape index (κ2) is 4.24. The van der Waals surface area contributed by atoms with Crippen molar-refractivity contribution in [3.8, 4) is 6.07 Å². The number of fused-ring (bicyclic) bond motifs is 1. The van der Waals surface area contributed by atoms with Crippen molar-refractivity contribution in [1.29, 1.82) is 5.26 Å². The molecule has 1 aromatic carbocycles. The van der Waals surface area contributed by atoms with Gasteiger partial charge in [0.05, 0.1) is 6.07 Å². The fraction of sp³-hybridized carbons (Fsp3) is 0.500. The third-order valence-corrected chi connectivity index (χ3v) is 4.29. The van der Waals surface area contributed by atoms with Crippen LogP contribution in [0.1, 0.15) is 49.5 Å². The summed E-state index contributed by atoms with van der Waals surface area (Å²) < 4.78 is 0. The minimum absolute atomic E-state index is 0.125. The third kappa shape index (κ3) is 1.75. The molecule has 2 nitrogen and oxygen atoms in total. The Labute approximate surface area is 109 Å². The minimum Gasteiger partial charge on any atom is -0.294 e. The molecule has 1 aliphatic rings. The van der Waals surface area contributed by atoms with Crippen molar-refractivity contribution < 1.29 is 4.79 Å². The smallest absolute Gasteiger partial charge is 0.170 e. The molecule has 2 heteroatoms. The number of nitrogens with zero attached hydrogens (tertiary/aromatic N) is 1. The Hall–Kier alpha value is -1.62. The molecule has 18 heavy (non-hydrogen) atoms. The zero-order chi connectivity index (χ0) is 13.4. The predicted octanol–water partition coefficient (Wildman–Crippen LogP) is 3.76. The van der Waals surface area contributed by atoms with Crippen molar-refractivity contribution >= 4 is 5.78 Å². The number of hydrogen-bond acceptors (Lipinski definition) is 2. The van der Waals surface area contributed by atoms with Crippen LogP contribution in [0.2, 0.25) is 0 Å². The van der Waals surface area contributed by atoms with E-state index >= 15 is 0 Å². The van der Waals surface area contributed by atoms with Crippen LogP contribution < -0.4 is 0 Å². The van der Waals surface area contributed by atoms with Gasteiger partial charge in [-0.2, -0.15) is 5.26 Å². The van der Waals surface area contributed by atoms with Gasteiger partial charge in [-0.15, -0.1) is 0 Å². The molecule has 1 aliphatic carbocycles. The summed E-state index contributed by atoms with van der Waals surface area (Å²) in [6, 6.07) is 10.0. The van der Waals surface area contributed by atoms with Crippen LogP contribution in [0.25, 0.3) is 0 Å². The van der Waals surface area contributed by atoms with Crippen molar-refractivity contribution in [2.75, 3.05) is 0 Å². The zero-order valence-electron chi connectivity index (χ0n) is 11.3. The number of nitriles is 1. The van der Waals surface area contributed by atoms with E-state index in [0.29, 0.717) is 12.8 Å². The summed E-state index contributed by atoms with van der Waals surface area (Å²) in [6.07, 6.45) is 1.87. The lowest BCUT2D eigenvalue weighted by Crippen LogP contribution is -2.41. The molecular weight excluding hydrogens is 222 g/mol. The molecule has 0 aromatic heterocycles. The maximum atomic E-state index is 12.8. The minimum atomic E-state index is -0.410. The zero-order valence-corrected chi connectivity index (χ0v) is 11.3. The SMILES string of the molecule is CC(C)(C)C1(CCC#N)Cc2ccccc2C1=O. The molecule has 0 saturated heterocycles. The molecule has 0 radical (unpaired) electrons. The molecular formula is C16H19NO. The fourth-order valence-corrected chi connectivity index (χ4v) is 3.01. The van der Waals surface area contributed by atoms with E-state index in [-0.39, 0.29) is 11.2 Å². The third-order valence-electron chi connectivity index (χ3n) is 4.29. The van der Waals surface area contributed by atoms with Crippen LogP contribution in [0.5, 0.6) is 0 Å². The van der Waals surface area contributed by atoms with Crippen LogP contribution in [0, 0.1) is 22.2 Å². The molecule has 1 unspecified atom stereocenters. The van der Waals surface area contributed by atoms with Crippen molar-refractivity contribution in [2.24, 2.45) is 10.8 Å². The maximum absolute atomic E-state index is 12.8. The molecule has 0 saturated carbocycles. The van der Waals surface area contributed by atoms with Gasteiger partial charge in [0.15, 0.2) is 5.78 Å². The van der Waals surface area contributed by atoms with E-state index in [2.05, 4.69) is 26.8 Å². The van der Waals surface area contributed by atoms with Crippen LogP contribution >= 0.6 is 0 Å². The van der Waals surface area contributed by atoms with Gasteiger partial charge >= 0.3 is 0 Å². The number of benzene rings is 1. The van der Waals surface area contributed by atoms with Crippen LogP contribution in [0.4, 0.5) is 0 Å². The molecule has 0 fully saturated rings. The molecule has 0 heterocycles. The summed E-state index contributed by atoms with van der Waals surface area (Å²) in [6.45, 7) is 6.32. The van der Waals surface area contributed by atoms with Crippen molar-refractivity contribution in [3.05, 3.63) is 35.4 Å². The van der Waals surface area contributed by atoms with E-state index in [1.165, 1.54) is 0 Å². The van der Waals surface area contributed by atoms with Crippen LogP contribution in [-0.4, -0.2) is 5.78 Å². The average molecular weight is 241 g/mol.